The number of furan rings is 1. The number of nitrogens with one attached hydrogen (secondary N) is 2. The third-order valence-corrected chi connectivity index (χ3v) is 3.90. The summed E-state index contributed by atoms with van der Waals surface area (Å²) < 4.78 is 19.0. The van der Waals surface area contributed by atoms with Crippen molar-refractivity contribution < 1.29 is 18.4 Å². The Labute approximate surface area is 141 Å². The number of hydrogen-bond acceptors (Lipinski definition) is 4. The van der Waals surface area contributed by atoms with Crippen molar-refractivity contribution in [3.05, 3.63) is 64.8 Å². The van der Waals surface area contributed by atoms with Crippen molar-refractivity contribution in [1.29, 1.82) is 0 Å². The first kappa shape index (κ1) is 15.9. The van der Waals surface area contributed by atoms with E-state index in [0.29, 0.717) is 11.5 Å². The molecule has 24 heavy (non-hydrogen) atoms. The summed E-state index contributed by atoms with van der Waals surface area (Å²) in [6, 6.07) is 11.1. The van der Waals surface area contributed by atoms with Crippen LogP contribution in [0.4, 0.5) is 10.1 Å². The maximum Gasteiger partial charge on any atom is 0.313 e. The number of carbonyl (C=O) groups is 2. The largest absolute Gasteiger partial charge is 0.459 e. The zero-order valence-corrected chi connectivity index (χ0v) is 13.2. The third kappa shape index (κ3) is 3.69. The molecule has 0 aliphatic heterocycles. The van der Waals surface area contributed by atoms with Crippen molar-refractivity contribution in [2.45, 2.75) is 6.54 Å². The second-order valence-corrected chi connectivity index (χ2v) is 5.67. The minimum atomic E-state index is -0.940. The van der Waals surface area contributed by atoms with E-state index in [9.17, 15) is 14.0 Å². The van der Waals surface area contributed by atoms with Crippen molar-refractivity contribution in [3.8, 4) is 11.3 Å². The Morgan fingerprint density at radius 1 is 1.08 bits per heavy atom. The standard InChI is InChI=1S/C17H13FN2O3S/c18-13-3-1-2-4-14(13)20-17(22)16(21)19-9-12-5-6-15(23-12)11-7-8-24-10-11/h1-8,10H,9H2,(H,19,21)(H,20,22). The van der Waals surface area contributed by atoms with Crippen LogP contribution in [0.15, 0.2) is 57.6 Å². The Morgan fingerprint density at radius 2 is 1.92 bits per heavy atom. The molecule has 0 unspecified atom stereocenters. The third-order valence-electron chi connectivity index (χ3n) is 3.22. The number of para-hydroxylation sites is 1. The van der Waals surface area contributed by atoms with Crippen molar-refractivity contribution >= 4 is 28.8 Å². The average Bonchev–Trinajstić information content (AvgIpc) is 3.25. The quantitative estimate of drug-likeness (QED) is 0.713. The highest BCUT2D eigenvalue weighted by molar-refractivity contribution is 7.08. The van der Waals surface area contributed by atoms with Gasteiger partial charge in [-0.3, -0.25) is 9.59 Å². The summed E-state index contributed by atoms with van der Waals surface area (Å²) in [5.41, 5.74) is 0.908. The van der Waals surface area contributed by atoms with E-state index in [4.69, 9.17) is 4.42 Å². The first-order valence-corrected chi connectivity index (χ1v) is 8.03. The van der Waals surface area contributed by atoms with E-state index in [1.807, 2.05) is 16.8 Å². The second kappa shape index (κ2) is 7.10. The molecular weight excluding hydrogens is 331 g/mol. The number of thiophene rings is 1. The molecule has 5 nitrogen and oxygen atoms in total. The van der Waals surface area contributed by atoms with Gasteiger partial charge >= 0.3 is 11.8 Å². The number of anilines is 1. The Kier molecular flexibility index (Phi) is 4.72. The molecule has 0 saturated heterocycles. The summed E-state index contributed by atoms with van der Waals surface area (Å²) >= 11 is 1.55. The molecule has 2 heterocycles. The lowest BCUT2D eigenvalue weighted by molar-refractivity contribution is -0.136. The maximum atomic E-state index is 13.4. The van der Waals surface area contributed by atoms with Crippen LogP contribution >= 0.6 is 11.3 Å². The number of benzene rings is 1. The highest BCUT2D eigenvalue weighted by Gasteiger charge is 2.16. The number of carbonyl (C=O) groups excluding carboxylic acids is 2. The topological polar surface area (TPSA) is 71.3 Å². The summed E-state index contributed by atoms with van der Waals surface area (Å²) in [5.74, 6) is -1.21. The minimum Gasteiger partial charge on any atom is -0.459 e. The van der Waals surface area contributed by atoms with Gasteiger partial charge in [-0.2, -0.15) is 11.3 Å². The molecular formula is C17H13FN2O3S. The van der Waals surface area contributed by atoms with E-state index in [1.54, 1.807) is 29.5 Å². The van der Waals surface area contributed by atoms with Crippen molar-refractivity contribution in [1.82, 2.24) is 5.32 Å². The van der Waals surface area contributed by atoms with Crippen LogP contribution in [0, 0.1) is 5.82 Å². The number of amides is 2. The van der Waals surface area contributed by atoms with Gasteiger partial charge in [-0.25, -0.2) is 4.39 Å². The van der Waals surface area contributed by atoms with Gasteiger partial charge in [0.25, 0.3) is 0 Å². The molecule has 7 heteroatoms. The van der Waals surface area contributed by atoms with Gasteiger partial charge in [-0.05, 0) is 35.7 Å². The van der Waals surface area contributed by atoms with Gasteiger partial charge in [0.15, 0.2) is 0 Å². The fraction of sp³-hybridized carbons (Fsp3) is 0.0588. The summed E-state index contributed by atoms with van der Waals surface area (Å²) in [6.45, 7) is 0.0632. The van der Waals surface area contributed by atoms with Gasteiger partial charge in [0.1, 0.15) is 17.3 Å². The molecule has 0 aliphatic carbocycles. The van der Waals surface area contributed by atoms with Crippen molar-refractivity contribution in [3.63, 3.8) is 0 Å². The molecule has 0 saturated carbocycles. The zero-order valence-electron chi connectivity index (χ0n) is 12.4. The Hall–Kier alpha value is -2.93. The fourth-order valence-corrected chi connectivity index (χ4v) is 2.67. The molecule has 3 aromatic rings. The summed E-state index contributed by atoms with van der Waals surface area (Å²) in [7, 11) is 0. The molecule has 0 radical (unpaired) electrons. The van der Waals surface area contributed by atoms with E-state index in [2.05, 4.69) is 10.6 Å². The van der Waals surface area contributed by atoms with Gasteiger partial charge in [-0.15, -0.1) is 0 Å². The van der Waals surface area contributed by atoms with Crippen LogP contribution in [-0.4, -0.2) is 11.8 Å². The van der Waals surface area contributed by atoms with Crippen LogP contribution in [0.1, 0.15) is 5.76 Å². The first-order valence-electron chi connectivity index (χ1n) is 7.08. The SMILES string of the molecule is O=C(NCc1ccc(-c2ccsc2)o1)C(=O)Nc1ccccc1F. The number of hydrogen-bond donors (Lipinski definition) is 2. The van der Waals surface area contributed by atoms with Gasteiger partial charge in [-0.1, -0.05) is 12.1 Å². The van der Waals surface area contributed by atoms with E-state index in [-0.39, 0.29) is 12.2 Å². The molecule has 2 N–H and O–H groups in total. The highest BCUT2D eigenvalue weighted by Crippen LogP contribution is 2.24. The predicted molar refractivity (Wildman–Crippen MR) is 88.9 cm³/mol. The molecule has 0 fully saturated rings. The predicted octanol–water partition coefficient (Wildman–Crippen LogP) is 3.40. The van der Waals surface area contributed by atoms with Crippen LogP contribution in [0.2, 0.25) is 0 Å². The highest BCUT2D eigenvalue weighted by atomic mass is 32.1. The average molecular weight is 344 g/mol. The van der Waals surface area contributed by atoms with Crippen LogP contribution in [0.3, 0.4) is 0 Å². The van der Waals surface area contributed by atoms with Crippen LogP contribution in [0.25, 0.3) is 11.3 Å². The molecule has 0 spiro atoms. The molecule has 0 aliphatic rings. The van der Waals surface area contributed by atoms with Crippen LogP contribution < -0.4 is 10.6 Å². The number of halogens is 1. The Balaban J connectivity index is 1.55. The summed E-state index contributed by atoms with van der Waals surface area (Å²) in [5, 5.41) is 8.54. The molecule has 2 amide bonds. The van der Waals surface area contributed by atoms with Crippen LogP contribution in [-0.2, 0) is 16.1 Å². The molecule has 1 aromatic carbocycles. The van der Waals surface area contributed by atoms with Gasteiger partial charge in [0.2, 0.25) is 0 Å². The normalized spacial score (nSPS) is 10.4. The van der Waals surface area contributed by atoms with Gasteiger partial charge in [0, 0.05) is 10.9 Å². The summed E-state index contributed by atoms with van der Waals surface area (Å²) in [4.78, 5) is 23.5. The van der Waals surface area contributed by atoms with Crippen LogP contribution in [0.5, 0.6) is 0 Å². The molecule has 3 rings (SSSR count). The lowest BCUT2D eigenvalue weighted by atomic mass is 10.3. The Bertz CT molecular complexity index is 858. The zero-order chi connectivity index (χ0) is 16.9. The first-order chi connectivity index (χ1) is 11.6. The van der Waals surface area contributed by atoms with Gasteiger partial charge in [0.05, 0.1) is 12.2 Å². The lowest BCUT2D eigenvalue weighted by Gasteiger charge is -2.06. The molecule has 0 bridgehead atoms. The van der Waals surface area contributed by atoms with Gasteiger partial charge < -0.3 is 15.1 Å². The maximum absolute atomic E-state index is 13.4. The second-order valence-electron chi connectivity index (χ2n) is 4.89. The lowest BCUT2D eigenvalue weighted by Crippen LogP contribution is -2.35. The Morgan fingerprint density at radius 3 is 2.67 bits per heavy atom. The monoisotopic (exact) mass is 344 g/mol. The van der Waals surface area contributed by atoms with E-state index in [1.165, 1.54) is 18.2 Å². The fourth-order valence-electron chi connectivity index (χ4n) is 2.02. The smallest absolute Gasteiger partial charge is 0.313 e. The van der Waals surface area contributed by atoms with Crippen molar-refractivity contribution in [2.24, 2.45) is 0 Å². The summed E-state index contributed by atoms with van der Waals surface area (Å²) in [6.07, 6.45) is 0. The minimum absolute atomic E-state index is 0.0459. The molecule has 0 atom stereocenters. The van der Waals surface area contributed by atoms with E-state index in [0.717, 1.165) is 5.56 Å². The molecule has 2 aromatic heterocycles. The number of rotatable bonds is 4. The van der Waals surface area contributed by atoms with Crippen molar-refractivity contribution in [2.75, 3.05) is 5.32 Å². The van der Waals surface area contributed by atoms with E-state index < -0.39 is 17.6 Å². The molecule has 122 valence electrons. The van der Waals surface area contributed by atoms with E-state index >= 15 is 0 Å².